The van der Waals surface area contributed by atoms with E-state index in [1.807, 2.05) is 0 Å². The van der Waals surface area contributed by atoms with Gasteiger partial charge in [-0.15, -0.1) is 0 Å². The molecule has 1 rings (SSSR count). The summed E-state index contributed by atoms with van der Waals surface area (Å²) in [5.74, 6) is -1.38. The van der Waals surface area contributed by atoms with Gasteiger partial charge in [0.05, 0.1) is 22.2 Å². The van der Waals surface area contributed by atoms with Crippen molar-refractivity contribution in [2.45, 2.75) is 6.92 Å². The molecule has 0 heterocycles. The zero-order valence-electron chi connectivity index (χ0n) is 12.5. The molecule has 0 fully saturated rings. The van der Waals surface area contributed by atoms with Gasteiger partial charge in [-0.05, 0) is 13.0 Å². The van der Waals surface area contributed by atoms with Crippen LogP contribution in [-0.4, -0.2) is 30.0 Å². The van der Waals surface area contributed by atoms with E-state index < -0.39 is 16.8 Å². The van der Waals surface area contributed by atoms with Crippen molar-refractivity contribution in [1.82, 2.24) is 5.32 Å². The maximum atomic E-state index is 12.0. The molecule has 1 amide bonds. The van der Waals surface area contributed by atoms with Crippen molar-refractivity contribution in [1.29, 1.82) is 5.26 Å². The van der Waals surface area contributed by atoms with Crippen molar-refractivity contribution in [2.24, 2.45) is 0 Å². The fourth-order valence-corrected chi connectivity index (χ4v) is 1.67. The average Bonchev–Trinajstić information content (AvgIpc) is 2.53. The van der Waals surface area contributed by atoms with Gasteiger partial charge in [0.2, 0.25) is 0 Å². The fraction of sp³-hybridized carbons (Fsp3) is 0.214. The largest absolute Gasteiger partial charge is 0.465 e. The summed E-state index contributed by atoms with van der Waals surface area (Å²) in [6.07, 6.45) is 1.04. The Morgan fingerprint density at radius 2 is 2.21 bits per heavy atom. The quantitative estimate of drug-likeness (QED) is 0.251. The van der Waals surface area contributed by atoms with Gasteiger partial charge in [-0.25, -0.2) is 0 Å². The molecule has 0 spiro atoms. The lowest BCUT2D eigenvalue weighted by Gasteiger charge is -2.07. The summed E-state index contributed by atoms with van der Waals surface area (Å²) in [6, 6.07) is 5.15. The standard InChI is InChI=1S/C14H13ClN4O5/c1-2-24-13(20)8-17-7-9(6-16)14(21)18-12-5-10(19(22)23)3-4-11(12)15/h3-5,7,17H,2,8H2,1H3,(H,18,21)/b9-7-. The molecule has 126 valence electrons. The Kier molecular flexibility index (Phi) is 7.19. The number of halogens is 1. The lowest BCUT2D eigenvalue weighted by atomic mass is 10.2. The van der Waals surface area contributed by atoms with Gasteiger partial charge in [-0.3, -0.25) is 19.7 Å². The molecule has 2 N–H and O–H groups in total. The number of carbonyl (C=O) groups excluding carboxylic acids is 2. The SMILES string of the molecule is CCOC(=O)CN/C=C(/C#N)C(=O)Nc1cc([N+](=O)[O-])ccc1Cl. The van der Waals surface area contributed by atoms with Crippen LogP contribution in [0.3, 0.4) is 0 Å². The van der Waals surface area contributed by atoms with Crippen LogP contribution in [-0.2, 0) is 14.3 Å². The van der Waals surface area contributed by atoms with E-state index in [-0.39, 0.29) is 35.1 Å². The minimum Gasteiger partial charge on any atom is -0.465 e. The molecule has 1 aromatic rings. The van der Waals surface area contributed by atoms with E-state index >= 15 is 0 Å². The van der Waals surface area contributed by atoms with Crippen LogP contribution >= 0.6 is 11.6 Å². The zero-order chi connectivity index (χ0) is 18.1. The second-order valence-electron chi connectivity index (χ2n) is 4.23. The summed E-state index contributed by atoms with van der Waals surface area (Å²) in [7, 11) is 0. The number of nitrogens with one attached hydrogen (secondary N) is 2. The van der Waals surface area contributed by atoms with Crippen molar-refractivity contribution in [3.8, 4) is 6.07 Å². The third-order valence-electron chi connectivity index (χ3n) is 2.57. The van der Waals surface area contributed by atoms with Gasteiger partial charge in [0.1, 0.15) is 18.2 Å². The fourth-order valence-electron chi connectivity index (χ4n) is 1.51. The number of benzene rings is 1. The number of non-ortho nitro benzene ring substituents is 1. The Morgan fingerprint density at radius 1 is 1.50 bits per heavy atom. The number of hydrogen-bond donors (Lipinski definition) is 2. The Hall–Kier alpha value is -3.12. The minimum atomic E-state index is -0.837. The summed E-state index contributed by atoms with van der Waals surface area (Å²) in [5, 5.41) is 24.6. The van der Waals surface area contributed by atoms with E-state index in [2.05, 4.69) is 15.4 Å². The van der Waals surface area contributed by atoms with Crippen molar-refractivity contribution in [3.05, 3.63) is 45.1 Å². The molecule has 0 aromatic heterocycles. The summed E-state index contributed by atoms with van der Waals surface area (Å²) >= 11 is 5.86. The molecule has 10 heteroatoms. The molecule has 0 unspecified atom stereocenters. The molecular formula is C14H13ClN4O5. The molecule has 0 bridgehead atoms. The highest BCUT2D eigenvalue weighted by atomic mass is 35.5. The number of esters is 1. The van der Waals surface area contributed by atoms with Crippen LogP contribution < -0.4 is 10.6 Å². The summed E-state index contributed by atoms with van der Waals surface area (Å²) in [6.45, 7) is 1.63. The third kappa shape index (κ3) is 5.58. The number of amides is 1. The maximum Gasteiger partial charge on any atom is 0.325 e. The molecule has 0 saturated carbocycles. The van der Waals surface area contributed by atoms with E-state index in [0.29, 0.717) is 0 Å². The molecule has 0 atom stereocenters. The molecule has 24 heavy (non-hydrogen) atoms. The van der Waals surface area contributed by atoms with E-state index in [1.54, 1.807) is 13.0 Å². The Bertz CT molecular complexity index is 726. The molecule has 1 aromatic carbocycles. The number of nitro groups is 1. The lowest BCUT2D eigenvalue weighted by molar-refractivity contribution is -0.384. The maximum absolute atomic E-state index is 12.0. The molecular weight excluding hydrogens is 340 g/mol. The van der Waals surface area contributed by atoms with Gasteiger partial charge in [0, 0.05) is 18.3 Å². The Labute approximate surface area is 142 Å². The first-order valence-electron chi connectivity index (χ1n) is 6.63. The van der Waals surface area contributed by atoms with Gasteiger partial charge in [-0.2, -0.15) is 5.26 Å². The van der Waals surface area contributed by atoms with Gasteiger partial charge in [0.25, 0.3) is 11.6 Å². The molecule has 0 aliphatic rings. The summed E-state index contributed by atoms with van der Waals surface area (Å²) < 4.78 is 4.67. The summed E-state index contributed by atoms with van der Waals surface area (Å²) in [5.41, 5.74) is -0.623. The lowest BCUT2D eigenvalue weighted by Crippen LogP contribution is -2.22. The first kappa shape index (κ1) is 18.9. The molecule has 0 saturated heterocycles. The van der Waals surface area contributed by atoms with Gasteiger partial charge in [-0.1, -0.05) is 11.6 Å². The number of nitriles is 1. The van der Waals surface area contributed by atoms with Crippen molar-refractivity contribution in [2.75, 3.05) is 18.5 Å². The molecule has 9 nitrogen and oxygen atoms in total. The Balaban J connectivity index is 2.81. The van der Waals surface area contributed by atoms with E-state index in [4.69, 9.17) is 16.9 Å². The number of carbonyl (C=O) groups is 2. The van der Waals surface area contributed by atoms with Crippen LogP contribution in [0.2, 0.25) is 5.02 Å². The third-order valence-corrected chi connectivity index (χ3v) is 2.90. The van der Waals surface area contributed by atoms with Crippen LogP contribution in [0.25, 0.3) is 0 Å². The van der Waals surface area contributed by atoms with E-state index in [1.165, 1.54) is 12.1 Å². The van der Waals surface area contributed by atoms with Crippen LogP contribution in [0.1, 0.15) is 6.92 Å². The number of ether oxygens (including phenoxy) is 1. The Morgan fingerprint density at radius 3 is 2.79 bits per heavy atom. The second-order valence-corrected chi connectivity index (χ2v) is 4.64. The number of nitro benzene ring substituents is 1. The number of rotatable bonds is 7. The van der Waals surface area contributed by atoms with E-state index in [9.17, 15) is 19.7 Å². The first-order valence-corrected chi connectivity index (χ1v) is 7.01. The highest BCUT2D eigenvalue weighted by Crippen LogP contribution is 2.26. The highest BCUT2D eigenvalue weighted by molar-refractivity contribution is 6.34. The number of hydrogen-bond acceptors (Lipinski definition) is 7. The monoisotopic (exact) mass is 352 g/mol. The molecule has 0 aliphatic carbocycles. The van der Waals surface area contributed by atoms with Gasteiger partial charge in [0.15, 0.2) is 0 Å². The predicted octanol–water partition coefficient (Wildman–Crippen LogP) is 1.75. The topological polar surface area (TPSA) is 134 Å². The minimum absolute atomic E-state index is 0.0117. The first-order chi connectivity index (χ1) is 11.4. The zero-order valence-corrected chi connectivity index (χ0v) is 13.3. The number of anilines is 1. The van der Waals surface area contributed by atoms with Gasteiger partial charge < -0.3 is 15.4 Å². The average molecular weight is 353 g/mol. The highest BCUT2D eigenvalue weighted by Gasteiger charge is 2.15. The summed E-state index contributed by atoms with van der Waals surface area (Å²) in [4.78, 5) is 33.2. The van der Waals surface area contributed by atoms with Crippen molar-refractivity contribution < 1.29 is 19.2 Å². The number of nitrogens with zero attached hydrogens (tertiary/aromatic N) is 2. The van der Waals surface area contributed by atoms with Crippen LogP contribution in [0, 0.1) is 21.4 Å². The second kappa shape index (κ2) is 9.12. The van der Waals surface area contributed by atoms with Crippen LogP contribution in [0.15, 0.2) is 30.0 Å². The molecule has 0 radical (unpaired) electrons. The van der Waals surface area contributed by atoms with Gasteiger partial charge >= 0.3 is 5.97 Å². The smallest absolute Gasteiger partial charge is 0.325 e. The van der Waals surface area contributed by atoms with Crippen LogP contribution in [0.4, 0.5) is 11.4 Å². The van der Waals surface area contributed by atoms with Crippen molar-refractivity contribution in [3.63, 3.8) is 0 Å². The normalized spacial score (nSPS) is 10.5. The van der Waals surface area contributed by atoms with Crippen LogP contribution in [0.5, 0.6) is 0 Å². The van der Waals surface area contributed by atoms with E-state index in [0.717, 1.165) is 12.3 Å². The molecule has 0 aliphatic heterocycles. The predicted molar refractivity (Wildman–Crippen MR) is 85.1 cm³/mol. The van der Waals surface area contributed by atoms with Crippen molar-refractivity contribution >= 4 is 34.9 Å².